The first-order chi connectivity index (χ1) is 10.6. The quantitative estimate of drug-likeness (QED) is 0.835. The predicted molar refractivity (Wildman–Crippen MR) is 88.9 cm³/mol. The van der Waals surface area contributed by atoms with Crippen molar-refractivity contribution in [1.29, 1.82) is 0 Å². The lowest BCUT2D eigenvalue weighted by Crippen LogP contribution is -2.44. The molecule has 2 rings (SSSR count). The van der Waals surface area contributed by atoms with Gasteiger partial charge in [-0.3, -0.25) is 0 Å². The van der Waals surface area contributed by atoms with E-state index in [1.807, 2.05) is 20.8 Å². The van der Waals surface area contributed by atoms with E-state index in [2.05, 4.69) is 0 Å². The molecule has 7 heteroatoms. The highest BCUT2D eigenvalue weighted by atomic mass is 32.2. The summed E-state index contributed by atoms with van der Waals surface area (Å²) < 4.78 is 30.6. The van der Waals surface area contributed by atoms with E-state index in [0.29, 0.717) is 31.6 Å². The lowest BCUT2D eigenvalue weighted by molar-refractivity contribution is 0.0217. The van der Waals surface area contributed by atoms with Crippen LogP contribution in [-0.4, -0.2) is 43.4 Å². The van der Waals surface area contributed by atoms with Gasteiger partial charge in [0.25, 0.3) is 0 Å². The van der Waals surface area contributed by atoms with Crippen LogP contribution in [0.1, 0.15) is 33.6 Å². The molecule has 0 unspecified atom stereocenters. The number of carbonyl (C=O) groups is 1. The molecule has 1 fully saturated rings. The first-order valence-electron chi connectivity index (χ1n) is 7.67. The van der Waals surface area contributed by atoms with Crippen molar-refractivity contribution >= 4 is 21.6 Å². The summed E-state index contributed by atoms with van der Waals surface area (Å²) in [6, 6.07) is 6.34. The smallest absolute Gasteiger partial charge is 0.410 e. The molecule has 1 amide bonds. The average molecular weight is 340 g/mol. The number of hydrogen-bond donors (Lipinski definition) is 1. The number of hydrogen-bond acceptors (Lipinski definition) is 5. The maximum atomic E-state index is 12.7. The molecule has 23 heavy (non-hydrogen) atoms. The normalized spacial score (nSPS) is 17.1. The Kier molecular flexibility index (Phi) is 4.89. The molecular weight excluding hydrogens is 316 g/mol. The third-order valence-electron chi connectivity index (χ3n) is 3.72. The monoisotopic (exact) mass is 340 g/mol. The van der Waals surface area contributed by atoms with Crippen molar-refractivity contribution in [3.05, 3.63) is 24.3 Å². The second-order valence-electron chi connectivity index (χ2n) is 6.78. The highest BCUT2D eigenvalue weighted by Crippen LogP contribution is 2.26. The van der Waals surface area contributed by atoms with Crippen LogP contribution in [0.4, 0.5) is 10.5 Å². The van der Waals surface area contributed by atoms with Gasteiger partial charge in [0.1, 0.15) is 5.60 Å². The minimum atomic E-state index is -3.43. The van der Waals surface area contributed by atoms with Gasteiger partial charge in [-0.25, -0.2) is 13.2 Å². The molecule has 0 atom stereocenters. The minimum absolute atomic E-state index is 0.244. The number of likely N-dealkylation sites (tertiary alicyclic amines) is 1. The molecule has 0 spiro atoms. The van der Waals surface area contributed by atoms with Crippen LogP contribution in [0.25, 0.3) is 0 Å². The Bertz CT molecular complexity index is 672. The summed E-state index contributed by atoms with van der Waals surface area (Å²) in [6.45, 7) is 6.17. The Morgan fingerprint density at radius 2 is 1.87 bits per heavy atom. The van der Waals surface area contributed by atoms with Crippen LogP contribution in [0.2, 0.25) is 0 Å². The Morgan fingerprint density at radius 3 is 2.39 bits per heavy atom. The first kappa shape index (κ1) is 17.6. The van der Waals surface area contributed by atoms with E-state index < -0.39 is 26.8 Å². The number of piperidine rings is 1. The number of benzene rings is 1. The van der Waals surface area contributed by atoms with Crippen molar-refractivity contribution in [2.24, 2.45) is 0 Å². The molecule has 1 aliphatic heterocycles. The van der Waals surface area contributed by atoms with E-state index in [9.17, 15) is 13.2 Å². The van der Waals surface area contributed by atoms with Crippen LogP contribution < -0.4 is 5.73 Å². The molecule has 0 aromatic heterocycles. The number of rotatable bonds is 2. The summed E-state index contributed by atoms with van der Waals surface area (Å²) >= 11 is 0. The number of nitrogen functional groups attached to an aromatic ring is 1. The average Bonchev–Trinajstić information content (AvgIpc) is 2.45. The minimum Gasteiger partial charge on any atom is -0.444 e. The highest BCUT2D eigenvalue weighted by Gasteiger charge is 2.34. The number of ether oxygens (including phenoxy) is 1. The Balaban J connectivity index is 2.03. The van der Waals surface area contributed by atoms with Gasteiger partial charge in [0.15, 0.2) is 9.84 Å². The Hall–Kier alpha value is -1.76. The summed E-state index contributed by atoms with van der Waals surface area (Å²) in [5.41, 5.74) is 5.55. The molecule has 1 saturated heterocycles. The maximum Gasteiger partial charge on any atom is 0.410 e. The van der Waals surface area contributed by atoms with Crippen LogP contribution in [0.5, 0.6) is 0 Å². The van der Waals surface area contributed by atoms with Crippen molar-refractivity contribution in [1.82, 2.24) is 4.90 Å². The van der Waals surface area contributed by atoms with Gasteiger partial charge in [-0.1, -0.05) is 6.07 Å². The zero-order chi connectivity index (χ0) is 17.3. The second-order valence-corrected chi connectivity index (χ2v) is 9.01. The summed E-state index contributed by atoms with van der Waals surface area (Å²) in [7, 11) is -3.43. The maximum absolute atomic E-state index is 12.7. The van der Waals surface area contributed by atoms with Crippen molar-refractivity contribution in [3.63, 3.8) is 0 Å². The van der Waals surface area contributed by atoms with Crippen molar-refractivity contribution in [2.75, 3.05) is 18.8 Å². The van der Waals surface area contributed by atoms with Gasteiger partial charge < -0.3 is 15.4 Å². The lowest BCUT2D eigenvalue weighted by Gasteiger charge is -2.33. The van der Waals surface area contributed by atoms with Crippen molar-refractivity contribution < 1.29 is 17.9 Å². The molecule has 1 heterocycles. The standard InChI is InChI=1S/C16H24N2O4S/c1-16(2,3)22-15(19)18-9-7-13(8-10-18)23(20,21)14-6-4-5-12(17)11-14/h4-6,11,13H,7-10,17H2,1-3H3. The molecule has 0 bridgehead atoms. The van der Waals surface area contributed by atoms with E-state index in [1.54, 1.807) is 23.1 Å². The fourth-order valence-corrected chi connectivity index (χ4v) is 4.34. The zero-order valence-electron chi connectivity index (χ0n) is 13.8. The number of amides is 1. The second kappa shape index (κ2) is 6.39. The number of carbonyl (C=O) groups excluding carboxylic acids is 1. The molecule has 1 aliphatic rings. The molecule has 0 aliphatic carbocycles. The van der Waals surface area contributed by atoms with Crippen LogP contribution in [0.3, 0.4) is 0 Å². The van der Waals surface area contributed by atoms with Crippen LogP contribution in [0.15, 0.2) is 29.2 Å². The highest BCUT2D eigenvalue weighted by molar-refractivity contribution is 7.92. The molecule has 1 aromatic rings. The van der Waals surface area contributed by atoms with Crippen LogP contribution in [0, 0.1) is 0 Å². The predicted octanol–water partition coefficient (Wildman–Crippen LogP) is 2.44. The van der Waals surface area contributed by atoms with Crippen molar-refractivity contribution in [2.45, 2.75) is 49.4 Å². The number of nitrogens with zero attached hydrogens (tertiary/aromatic N) is 1. The van der Waals surface area contributed by atoms with E-state index in [-0.39, 0.29) is 4.90 Å². The number of anilines is 1. The fourth-order valence-electron chi connectivity index (χ4n) is 2.56. The van der Waals surface area contributed by atoms with Gasteiger partial charge >= 0.3 is 6.09 Å². The van der Waals surface area contributed by atoms with Crippen molar-refractivity contribution in [3.8, 4) is 0 Å². The largest absolute Gasteiger partial charge is 0.444 e. The third-order valence-corrected chi connectivity index (χ3v) is 5.98. The van der Waals surface area contributed by atoms with Gasteiger partial charge in [0.05, 0.1) is 10.1 Å². The summed E-state index contributed by atoms with van der Waals surface area (Å²) in [6.07, 6.45) is 0.407. The molecule has 6 nitrogen and oxygen atoms in total. The zero-order valence-corrected chi connectivity index (χ0v) is 14.6. The van der Waals surface area contributed by atoms with Crippen LogP contribution >= 0.6 is 0 Å². The Morgan fingerprint density at radius 1 is 1.26 bits per heavy atom. The molecule has 2 N–H and O–H groups in total. The lowest BCUT2D eigenvalue weighted by atomic mass is 10.1. The SMILES string of the molecule is CC(C)(C)OC(=O)N1CCC(S(=O)(=O)c2cccc(N)c2)CC1. The first-order valence-corrected chi connectivity index (χ1v) is 9.21. The van der Waals surface area contributed by atoms with Gasteiger partial charge in [0, 0.05) is 18.8 Å². The van der Waals surface area contributed by atoms with Gasteiger partial charge in [-0.2, -0.15) is 0 Å². The topological polar surface area (TPSA) is 89.7 Å². The summed E-state index contributed by atoms with van der Waals surface area (Å²) in [5.74, 6) is 0. The van der Waals surface area contributed by atoms with E-state index in [1.165, 1.54) is 6.07 Å². The molecule has 128 valence electrons. The molecule has 0 radical (unpaired) electrons. The Labute approximate surface area is 137 Å². The summed E-state index contributed by atoms with van der Waals surface area (Å²) in [5, 5.41) is -0.497. The fraction of sp³-hybridized carbons (Fsp3) is 0.562. The van der Waals surface area contributed by atoms with Crippen LogP contribution in [-0.2, 0) is 14.6 Å². The summed E-state index contributed by atoms with van der Waals surface area (Å²) in [4.78, 5) is 13.8. The number of nitrogens with two attached hydrogens (primary N) is 1. The van der Waals surface area contributed by atoms with E-state index in [0.717, 1.165) is 0 Å². The van der Waals surface area contributed by atoms with Gasteiger partial charge in [-0.15, -0.1) is 0 Å². The molecule has 1 aromatic carbocycles. The third kappa shape index (κ3) is 4.37. The molecular formula is C16H24N2O4S. The number of sulfone groups is 1. The van der Waals surface area contributed by atoms with E-state index >= 15 is 0 Å². The van der Waals surface area contributed by atoms with E-state index in [4.69, 9.17) is 10.5 Å². The molecule has 0 saturated carbocycles. The van der Waals surface area contributed by atoms with Gasteiger partial charge in [-0.05, 0) is 51.8 Å². The van der Waals surface area contributed by atoms with Gasteiger partial charge in [0.2, 0.25) is 0 Å².